The van der Waals surface area contributed by atoms with E-state index in [2.05, 4.69) is 261 Å². The van der Waals surface area contributed by atoms with E-state index >= 15 is 0 Å². The number of hydrogen-bond acceptors (Lipinski definition) is 7. The molecule has 0 amide bonds. The Morgan fingerprint density at radius 3 is 1.35 bits per heavy atom. The first-order chi connectivity index (χ1) is 41.9. The average molecular weight is 1170 g/mol. The van der Waals surface area contributed by atoms with Crippen molar-refractivity contribution in [2.45, 2.75) is 129 Å². The number of rotatable bonds is 8. The van der Waals surface area contributed by atoms with Crippen molar-refractivity contribution in [3.05, 3.63) is 219 Å². The number of para-hydroxylation sites is 1. The van der Waals surface area contributed by atoms with Crippen molar-refractivity contribution in [1.29, 1.82) is 0 Å². The van der Waals surface area contributed by atoms with Gasteiger partial charge in [0.1, 0.15) is 24.1 Å². The standard InChI is InChI=1S/C21H26N3.C20H24N3.C19H21N2.C17H18N3/c1-13(2)7-17-10-19-20(22-11-17)12-24(6)21(23-19)18-9-14(3)8-15(4)16(18)5;1-12(2)16-9-18-19(21-10-16)11-23(6)20(22-18)17-8-13(3)7-14(4)15(17)5;1-13(2)18-16-11-7-8-12-17(16)21(4)19(20-18)15-10-6-5-9-14(15)3;1-11-8-12(2)13(3)14(9-11)17-19-15-6-5-7-18-16(15)10-20(17)4/h8-13H,7H2,1-6H3;7-12H,1-6H3;5-13H,1-4H3;5-10H,1-4H3/q4*+1. The number of hydrogen-bond donors (Lipinski definition) is 0. The van der Waals surface area contributed by atoms with Gasteiger partial charge in [0.05, 0.1) is 55.8 Å². The van der Waals surface area contributed by atoms with Crippen molar-refractivity contribution in [1.82, 2.24) is 34.9 Å². The van der Waals surface area contributed by atoms with E-state index in [4.69, 9.17) is 19.9 Å². The molecule has 0 saturated carbocycles. The SMILES string of the molecule is Cc1cc(C)c(C)c(-c2nc3cc(C(C)C)cnc3c[n+]2C)c1.Cc1cc(C)c(C)c(-c2nc3cc(CC(C)C)cnc3c[n+]2C)c1.Cc1cc(C)c(C)c(-c2nc3cccnc3c[n+]2C)c1.Cc1ccccc1-c1nc(C(C)C)c2ccccc2[n+]1C. The molecule has 12 aromatic rings. The molecule has 5 aromatic carbocycles. The lowest BCUT2D eigenvalue weighted by Gasteiger charge is -2.10. The molecule has 7 aromatic heterocycles. The second-order valence-electron chi connectivity index (χ2n) is 25.2. The van der Waals surface area contributed by atoms with Crippen LogP contribution in [0.25, 0.3) is 89.6 Å². The number of aryl methyl sites for hydroxylation is 11. The van der Waals surface area contributed by atoms with Gasteiger partial charge in [-0.2, -0.15) is 0 Å². The summed E-state index contributed by atoms with van der Waals surface area (Å²) in [5.41, 5.74) is 28.1. The van der Waals surface area contributed by atoms with Crippen molar-refractivity contribution in [2.24, 2.45) is 34.1 Å². The maximum absolute atomic E-state index is 4.99. The van der Waals surface area contributed by atoms with E-state index in [-0.39, 0.29) is 0 Å². The second kappa shape index (κ2) is 26.9. The molecule has 0 N–H and O–H groups in total. The molecule has 7 heterocycles. The van der Waals surface area contributed by atoms with Gasteiger partial charge in [-0.05, 0) is 235 Å². The fraction of sp³-hybridized carbons (Fsp3) is 0.312. The van der Waals surface area contributed by atoms with E-state index in [1.807, 2.05) is 51.9 Å². The highest BCUT2D eigenvalue weighted by molar-refractivity contribution is 5.81. The summed E-state index contributed by atoms with van der Waals surface area (Å²) in [5.74, 6) is 5.48. The molecule has 0 saturated heterocycles. The van der Waals surface area contributed by atoms with Gasteiger partial charge >= 0.3 is 23.3 Å². The molecule has 0 bridgehead atoms. The Kier molecular flexibility index (Phi) is 19.4. The number of nitrogens with zero attached hydrogens (tertiary/aromatic N) is 11. The molecule has 448 valence electrons. The summed E-state index contributed by atoms with van der Waals surface area (Å²) < 4.78 is 8.41. The summed E-state index contributed by atoms with van der Waals surface area (Å²) >= 11 is 0. The van der Waals surface area contributed by atoms with Gasteiger partial charge < -0.3 is 0 Å². The van der Waals surface area contributed by atoms with Crippen molar-refractivity contribution in [3.8, 4) is 45.6 Å². The lowest BCUT2D eigenvalue weighted by atomic mass is 9.99. The van der Waals surface area contributed by atoms with Gasteiger partial charge in [0.15, 0.2) is 22.2 Å². The normalized spacial score (nSPS) is 11.3. The Morgan fingerprint density at radius 1 is 0.386 bits per heavy atom. The lowest BCUT2D eigenvalue weighted by Crippen LogP contribution is -2.34. The molecule has 0 unspecified atom stereocenters. The summed E-state index contributed by atoms with van der Waals surface area (Å²) in [6.45, 7) is 34.7. The Bertz CT molecular complexity index is 4580. The Balaban J connectivity index is 0.000000140. The maximum atomic E-state index is 4.99. The van der Waals surface area contributed by atoms with E-state index in [9.17, 15) is 0 Å². The monoisotopic (exact) mass is 1170 g/mol. The molecule has 12 rings (SSSR count). The van der Waals surface area contributed by atoms with Gasteiger partial charge in [0.25, 0.3) is 0 Å². The number of pyridine rings is 3. The summed E-state index contributed by atoms with van der Waals surface area (Å²) in [6.07, 6.45) is 12.9. The minimum Gasteiger partial charge on any atom is -0.248 e. The van der Waals surface area contributed by atoms with Crippen molar-refractivity contribution < 1.29 is 18.3 Å². The third-order valence-electron chi connectivity index (χ3n) is 16.8. The Labute approximate surface area is 522 Å². The molecule has 0 spiro atoms. The van der Waals surface area contributed by atoms with Crippen LogP contribution < -0.4 is 18.3 Å². The first-order valence-corrected chi connectivity index (χ1v) is 30.9. The van der Waals surface area contributed by atoms with E-state index in [0.717, 1.165) is 62.8 Å². The van der Waals surface area contributed by atoms with Crippen LogP contribution in [0.5, 0.6) is 0 Å². The minimum absolute atomic E-state index is 0.402. The summed E-state index contributed by atoms with van der Waals surface area (Å²) in [7, 11) is 8.20. The van der Waals surface area contributed by atoms with Crippen LogP contribution in [-0.4, -0.2) is 34.9 Å². The first kappa shape index (κ1) is 63.4. The van der Waals surface area contributed by atoms with Crippen LogP contribution in [0.2, 0.25) is 0 Å². The van der Waals surface area contributed by atoms with Crippen molar-refractivity contribution in [2.75, 3.05) is 0 Å². The van der Waals surface area contributed by atoms with Crippen molar-refractivity contribution >= 4 is 44.0 Å². The molecule has 0 radical (unpaired) electrons. The molecule has 11 nitrogen and oxygen atoms in total. The molecular weight excluding hydrogens is 1080 g/mol. The molecule has 0 aliphatic rings. The van der Waals surface area contributed by atoms with Crippen molar-refractivity contribution in [3.63, 3.8) is 0 Å². The maximum Gasteiger partial charge on any atom is 0.331 e. The van der Waals surface area contributed by atoms with Crippen LogP contribution in [0.1, 0.15) is 126 Å². The number of aromatic nitrogens is 11. The quantitative estimate of drug-likeness (QED) is 0.140. The van der Waals surface area contributed by atoms with Crippen LogP contribution in [0.4, 0.5) is 0 Å². The van der Waals surface area contributed by atoms with Crippen LogP contribution in [0.3, 0.4) is 0 Å². The highest BCUT2D eigenvalue weighted by Crippen LogP contribution is 2.30. The van der Waals surface area contributed by atoms with Gasteiger partial charge in [0, 0.05) is 24.5 Å². The largest absolute Gasteiger partial charge is 0.331 e. The van der Waals surface area contributed by atoms with Gasteiger partial charge in [-0.25, -0.2) is 33.2 Å². The third-order valence-corrected chi connectivity index (χ3v) is 16.8. The predicted octanol–water partition coefficient (Wildman–Crippen LogP) is 15.6. The minimum atomic E-state index is 0.402. The highest BCUT2D eigenvalue weighted by Gasteiger charge is 2.26. The first-order valence-electron chi connectivity index (χ1n) is 30.9. The summed E-state index contributed by atoms with van der Waals surface area (Å²) in [4.78, 5) is 33.2. The summed E-state index contributed by atoms with van der Waals surface area (Å²) in [5, 5.41) is 1.24. The molecule has 88 heavy (non-hydrogen) atoms. The topological polar surface area (TPSA) is 106 Å². The predicted molar refractivity (Wildman–Crippen MR) is 361 cm³/mol. The number of benzene rings is 5. The molecule has 0 aliphatic heterocycles. The smallest absolute Gasteiger partial charge is 0.248 e. The average Bonchev–Trinajstić information content (AvgIpc) is 1.76. The van der Waals surface area contributed by atoms with Crippen LogP contribution >= 0.6 is 0 Å². The fourth-order valence-electron chi connectivity index (χ4n) is 11.6. The summed E-state index contributed by atoms with van der Waals surface area (Å²) in [6, 6.07) is 38.5. The van der Waals surface area contributed by atoms with E-state index in [1.54, 1.807) is 6.20 Å². The zero-order valence-corrected chi connectivity index (χ0v) is 55.7. The van der Waals surface area contributed by atoms with Gasteiger partial charge in [-0.3, -0.25) is 0 Å². The number of fused-ring (bicyclic) bond motifs is 4. The molecular formula is C77H89N11+4. The molecule has 0 fully saturated rings. The molecule has 11 heteroatoms. The van der Waals surface area contributed by atoms with E-state index in [1.165, 1.54) is 106 Å². The zero-order valence-electron chi connectivity index (χ0n) is 55.7. The van der Waals surface area contributed by atoms with Crippen LogP contribution in [0, 0.1) is 75.2 Å². The molecule has 0 atom stereocenters. The lowest BCUT2D eigenvalue weighted by molar-refractivity contribution is -0.661. The van der Waals surface area contributed by atoms with Gasteiger partial charge in [0.2, 0.25) is 16.6 Å². The Hall–Kier alpha value is -9.09. The third kappa shape index (κ3) is 14.0. The van der Waals surface area contributed by atoms with Crippen LogP contribution in [0.15, 0.2) is 146 Å². The van der Waals surface area contributed by atoms with Crippen LogP contribution in [-0.2, 0) is 34.6 Å². The van der Waals surface area contributed by atoms with Gasteiger partial charge in [-0.15, -0.1) is 0 Å². The van der Waals surface area contributed by atoms with E-state index < -0.39 is 0 Å². The van der Waals surface area contributed by atoms with E-state index in [0.29, 0.717) is 17.8 Å². The highest BCUT2D eigenvalue weighted by atomic mass is 15.1. The Morgan fingerprint density at radius 2 is 0.852 bits per heavy atom. The zero-order chi connectivity index (χ0) is 63.4. The second-order valence-corrected chi connectivity index (χ2v) is 25.2. The molecule has 0 aliphatic carbocycles. The fourth-order valence-corrected chi connectivity index (χ4v) is 11.6. The van der Waals surface area contributed by atoms with Gasteiger partial charge in [-0.1, -0.05) is 90.1 Å².